The molecule has 1 amide bonds. The molecule has 0 aliphatic heterocycles. The van der Waals surface area contributed by atoms with Gasteiger partial charge in [-0.1, -0.05) is 32.8 Å². The molecule has 0 spiro atoms. The molecule has 1 unspecified atom stereocenters. The van der Waals surface area contributed by atoms with Gasteiger partial charge in [-0.15, -0.1) is 11.3 Å². The van der Waals surface area contributed by atoms with Gasteiger partial charge in [0.05, 0.1) is 17.9 Å². The third-order valence-electron chi connectivity index (χ3n) is 4.23. The van der Waals surface area contributed by atoms with Gasteiger partial charge in [-0.2, -0.15) is 0 Å². The highest BCUT2D eigenvalue weighted by atomic mass is 32.1. The molecule has 1 aromatic heterocycles. The molecule has 116 valence electrons. The van der Waals surface area contributed by atoms with E-state index in [4.69, 9.17) is 0 Å². The lowest BCUT2D eigenvalue weighted by Gasteiger charge is -2.30. The van der Waals surface area contributed by atoms with Crippen molar-refractivity contribution in [3.05, 3.63) is 22.4 Å². The molecule has 1 fully saturated rings. The van der Waals surface area contributed by atoms with Crippen LogP contribution in [0.25, 0.3) is 0 Å². The Labute approximate surface area is 129 Å². The van der Waals surface area contributed by atoms with Crippen molar-refractivity contribution in [3.8, 4) is 0 Å². The van der Waals surface area contributed by atoms with Gasteiger partial charge in [0.15, 0.2) is 0 Å². The van der Waals surface area contributed by atoms with Gasteiger partial charge >= 0.3 is 5.97 Å². The number of nitrogens with one attached hydrogen (secondary N) is 1. The predicted molar refractivity (Wildman–Crippen MR) is 83.1 cm³/mol. The van der Waals surface area contributed by atoms with Crippen LogP contribution in [0.1, 0.15) is 50.4 Å². The summed E-state index contributed by atoms with van der Waals surface area (Å²) in [6, 6.07) is 3.96. The zero-order valence-corrected chi connectivity index (χ0v) is 13.4. The summed E-state index contributed by atoms with van der Waals surface area (Å²) in [6.07, 6.45) is 3.13. The van der Waals surface area contributed by atoms with Gasteiger partial charge in [0.25, 0.3) is 0 Å². The highest BCUT2D eigenvalue weighted by Gasteiger charge is 2.36. The van der Waals surface area contributed by atoms with Crippen molar-refractivity contribution in [2.45, 2.75) is 45.6 Å². The Morgan fingerprint density at radius 1 is 1.29 bits per heavy atom. The predicted octanol–water partition coefficient (Wildman–Crippen LogP) is 3.45. The van der Waals surface area contributed by atoms with E-state index in [0.29, 0.717) is 12.8 Å². The smallest absolute Gasteiger partial charge is 0.307 e. The van der Waals surface area contributed by atoms with Gasteiger partial charge in [0.1, 0.15) is 0 Å². The van der Waals surface area contributed by atoms with Crippen LogP contribution in [0.3, 0.4) is 0 Å². The standard InChI is InChI=1S/C16H23NO3S/c1-10(2)14(13-8-5-9-21-13)17-15(18)11-6-3-4-7-12(11)16(19)20/h5,8-12,14H,3-4,6-7H2,1-2H3,(H,17,18)(H,19,20)/t11-,12+,14?/m1/s1. The van der Waals surface area contributed by atoms with E-state index in [2.05, 4.69) is 19.2 Å². The maximum atomic E-state index is 12.6. The van der Waals surface area contributed by atoms with E-state index in [0.717, 1.165) is 17.7 Å². The molecule has 21 heavy (non-hydrogen) atoms. The van der Waals surface area contributed by atoms with E-state index in [-0.39, 0.29) is 17.9 Å². The Kier molecular flexibility index (Phi) is 5.39. The van der Waals surface area contributed by atoms with Crippen molar-refractivity contribution in [1.29, 1.82) is 0 Å². The highest BCUT2D eigenvalue weighted by molar-refractivity contribution is 7.10. The second-order valence-electron chi connectivity index (χ2n) is 6.08. The fourth-order valence-corrected chi connectivity index (χ4v) is 3.98. The summed E-state index contributed by atoms with van der Waals surface area (Å²) >= 11 is 1.62. The number of carbonyl (C=O) groups is 2. The lowest BCUT2D eigenvalue weighted by molar-refractivity contribution is -0.149. The maximum absolute atomic E-state index is 12.6. The van der Waals surface area contributed by atoms with Crippen LogP contribution in [0.15, 0.2) is 17.5 Å². The molecular formula is C16H23NO3S. The number of thiophene rings is 1. The summed E-state index contributed by atoms with van der Waals surface area (Å²) in [5, 5.41) is 14.4. The van der Waals surface area contributed by atoms with Gasteiger partial charge in [0.2, 0.25) is 5.91 Å². The zero-order valence-electron chi connectivity index (χ0n) is 12.5. The molecular weight excluding hydrogens is 286 g/mol. The summed E-state index contributed by atoms with van der Waals surface area (Å²) < 4.78 is 0. The van der Waals surface area contributed by atoms with Gasteiger partial charge in [0, 0.05) is 4.88 Å². The first-order valence-electron chi connectivity index (χ1n) is 7.57. The van der Waals surface area contributed by atoms with Crippen LogP contribution in [0.2, 0.25) is 0 Å². The van der Waals surface area contributed by atoms with E-state index in [9.17, 15) is 14.7 Å². The minimum atomic E-state index is -0.841. The summed E-state index contributed by atoms with van der Waals surface area (Å²) in [5.41, 5.74) is 0. The quantitative estimate of drug-likeness (QED) is 0.875. The highest BCUT2D eigenvalue weighted by Crippen LogP contribution is 2.32. The lowest BCUT2D eigenvalue weighted by Crippen LogP contribution is -2.42. The number of rotatable bonds is 5. The van der Waals surface area contributed by atoms with Crippen molar-refractivity contribution in [3.63, 3.8) is 0 Å². The molecule has 1 aliphatic carbocycles. The first-order valence-corrected chi connectivity index (χ1v) is 8.45. The molecule has 2 rings (SSSR count). The third kappa shape index (κ3) is 3.84. The number of hydrogen-bond donors (Lipinski definition) is 2. The molecule has 5 heteroatoms. The molecule has 1 aromatic rings. The first kappa shape index (κ1) is 16.0. The minimum Gasteiger partial charge on any atom is -0.481 e. The maximum Gasteiger partial charge on any atom is 0.307 e. The van der Waals surface area contributed by atoms with Crippen LogP contribution in [0, 0.1) is 17.8 Å². The monoisotopic (exact) mass is 309 g/mol. The van der Waals surface area contributed by atoms with Crippen molar-refractivity contribution >= 4 is 23.2 Å². The number of carboxylic acids is 1. The molecule has 0 bridgehead atoms. The van der Waals surface area contributed by atoms with Crippen LogP contribution >= 0.6 is 11.3 Å². The largest absolute Gasteiger partial charge is 0.481 e. The van der Waals surface area contributed by atoms with E-state index in [1.54, 1.807) is 11.3 Å². The van der Waals surface area contributed by atoms with E-state index < -0.39 is 17.8 Å². The Morgan fingerprint density at radius 3 is 2.48 bits per heavy atom. The second-order valence-corrected chi connectivity index (χ2v) is 7.06. The molecule has 3 atom stereocenters. The molecule has 1 saturated carbocycles. The van der Waals surface area contributed by atoms with Crippen LogP contribution in [0.4, 0.5) is 0 Å². The van der Waals surface area contributed by atoms with Crippen molar-refractivity contribution < 1.29 is 14.7 Å². The summed E-state index contributed by atoms with van der Waals surface area (Å²) in [4.78, 5) is 25.0. The van der Waals surface area contributed by atoms with Crippen LogP contribution < -0.4 is 5.32 Å². The third-order valence-corrected chi connectivity index (χ3v) is 5.19. The van der Waals surface area contributed by atoms with Crippen molar-refractivity contribution in [2.24, 2.45) is 17.8 Å². The fraction of sp³-hybridized carbons (Fsp3) is 0.625. The zero-order chi connectivity index (χ0) is 15.4. The van der Waals surface area contributed by atoms with Crippen LogP contribution in [-0.2, 0) is 9.59 Å². The SMILES string of the molecule is CC(C)C(NC(=O)[C@@H]1CCCC[C@@H]1C(=O)O)c1cccs1. The Bertz CT molecular complexity index is 484. The molecule has 0 radical (unpaired) electrons. The molecule has 0 saturated heterocycles. The number of hydrogen-bond acceptors (Lipinski definition) is 3. The normalized spacial score (nSPS) is 23.8. The van der Waals surface area contributed by atoms with Gasteiger partial charge < -0.3 is 10.4 Å². The first-order chi connectivity index (χ1) is 10.0. The molecule has 4 nitrogen and oxygen atoms in total. The number of carboxylic acid groups (broad SMARTS) is 1. The Morgan fingerprint density at radius 2 is 1.95 bits per heavy atom. The van der Waals surface area contributed by atoms with Crippen LogP contribution in [-0.4, -0.2) is 17.0 Å². The summed E-state index contributed by atoms with van der Waals surface area (Å²) in [7, 11) is 0. The van der Waals surface area contributed by atoms with Crippen LogP contribution in [0.5, 0.6) is 0 Å². The topological polar surface area (TPSA) is 66.4 Å². The van der Waals surface area contributed by atoms with Crippen molar-refractivity contribution in [1.82, 2.24) is 5.32 Å². The van der Waals surface area contributed by atoms with Gasteiger partial charge in [-0.25, -0.2) is 0 Å². The molecule has 0 aromatic carbocycles. The molecule has 1 heterocycles. The van der Waals surface area contributed by atoms with Gasteiger partial charge in [-0.3, -0.25) is 9.59 Å². The number of amides is 1. The number of aliphatic carboxylic acids is 1. The van der Waals surface area contributed by atoms with E-state index >= 15 is 0 Å². The Balaban J connectivity index is 2.09. The second kappa shape index (κ2) is 7.07. The summed E-state index contributed by atoms with van der Waals surface area (Å²) in [6.45, 7) is 4.14. The van der Waals surface area contributed by atoms with E-state index in [1.807, 2.05) is 17.5 Å². The average Bonchev–Trinajstić information content (AvgIpc) is 2.97. The summed E-state index contributed by atoms with van der Waals surface area (Å²) in [5.74, 6) is -1.59. The number of carbonyl (C=O) groups excluding carboxylic acids is 1. The van der Waals surface area contributed by atoms with E-state index in [1.165, 1.54) is 0 Å². The molecule has 1 aliphatic rings. The van der Waals surface area contributed by atoms with Gasteiger partial charge in [-0.05, 0) is 30.2 Å². The Hall–Kier alpha value is -1.36. The lowest BCUT2D eigenvalue weighted by atomic mass is 9.78. The molecule has 2 N–H and O–H groups in total. The minimum absolute atomic E-state index is 0.0335. The average molecular weight is 309 g/mol. The van der Waals surface area contributed by atoms with Crippen molar-refractivity contribution in [2.75, 3.05) is 0 Å². The fourth-order valence-electron chi connectivity index (χ4n) is 3.04.